The third kappa shape index (κ3) is 4.52. The normalized spacial score (nSPS) is 12.4. The highest BCUT2D eigenvalue weighted by atomic mass is 32.2. The smallest absolute Gasteiger partial charge is 0.295 e. The van der Waals surface area contributed by atoms with Crippen LogP contribution in [0.1, 0.15) is 32.3 Å². The lowest BCUT2D eigenvalue weighted by molar-refractivity contribution is -0.384. The minimum atomic E-state index is -3.80. The number of furan rings is 1. The van der Waals surface area contributed by atoms with Crippen LogP contribution in [0, 0.1) is 17.0 Å². The molecule has 0 aliphatic carbocycles. The van der Waals surface area contributed by atoms with Gasteiger partial charge in [-0.15, -0.1) is 0 Å². The molecular weight excluding hydrogens is 372 g/mol. The second-order valence-electron chi connectivity index (χ2n) is 5.74. The molecule has 10 heteroatoms. The van der Waals surface area contributed by atoms with Gasteiger partial charge in [0.05, 0.1) is 9.82 Å². The summed E-state index contributed by atoms with van der Waals surface area (Å²) in [7, 11) is -3.80. The Morgan fingerprint density at radius 2 is 1.93 bits per heavy atom. The molecule has 1 aromatic heterocycles. The summed E-state index contributed by atoms with van der Waals surface area (Å²) in [5.41, 5.74) is 2.82. The quantitative estimate of drug-likeness (QED) is 0.417. The summed E-state index contributed by atoms with van der Waals surface area (Å²) in [5.74, 6) is 1.25. The predicted molar refractivity (Wildman–Crippen MR) is 102 cm³/mol. The first kappa shape index (κ1) is 20.6. The van der Waals surface area contributed by atoms with E-state index in [9.17, 15) is 18.5 Å². The fourth-order valence-corrected chi connectivity index (χ4v) is 3.94. The molecule has 9 nitrogen and oxygen atoms in total. The number of nitrogens with one attached hydrogen (secondary N) is 1. The summed E-state index contributed by atoms with van der Waals surface area (Å²) in [4.78, 5) is 10.6. The van der Waals surface area contributed by atoms with Crippen molar-refractivity contribution in [3.63, 3.8) is 0 Å². The number of anilines is 1. The molecule has 0 saturated heterocycles. The van der Waals surface area contributed by atoms with Gasteiger partial charge in [0.1, 0.15) is 22.9 Å². The van der Waals surface area contributed by atoms with Crippen LogP contribution in [0.3, 0.4) is 0 Å². The molecule has 1 N–H and O–H groups in total. The summed E-state index contributed by atoms with van der Waals surface area (Å²) in [6.45, 7) is 7.45. The van der Waals surface area contributed by atoms with Gasteiger partial charge in [-0.2, -0.15) is 9.41 Å². The molecule has 1 aromatic carbocycles. The Kier molecular flexibility index (Phi) is 6.34. The van der Waals surface area contributed by atoms with Gasteiger partial charge < -0.3 is 4.42 Å². The van der Waals surface area contributed by atoms with E-state index in [2.05, 4.69) is 10.5 Å². The van der Waals surface area contributed by atoms with E-state index in [1.807, 2.05) is 0 Å². The standard InChI is InChI=1S/C17H22N4O5S/c1-5-20(6-2)27(24,25)14-8-9-15(16(11-14)21(22)23)19-18-13(4)17-10-7-12(3)26-17/h7-11,19H,5-6H2,1-4H3/b18-13+. The first-order valence-electron chi connectivity index (χ1n) is 8.36. The average Bonchev–Trinajstić information content (AvgIpc) is 3.06. The molecular formula is C17H22N4O5S. The molecule has 0 fully saturated rings. The third-order valence-electron chi connectivity index (χ3n) is 3.95. The minimum absolute atomic E-state index is 0.0844. The summed E-state index contributed by atoms with van der Waals surface area (Å²) in [6.07, 6.45) is 0. The summed E-state index contributed by atoms with van der Waals surface area (Å²) in [5, 5.41) is 15.5. The van der Waals surface area contributed by atoms with E-state index in [0.29, 0.717) is 11.5 Å². The van der Waals surface area contributed by atoms with Gasteiger partial charge in [0.15, 0.2) is 0 Å². The lowest BCUT2D eigenvalue weighted by Gasteiger charge is -2.18. The number of nitro groups is 1. The molecule has 146 valence electrons. The molecule has 2 aromatic rings. The minimum Gasteiger partial charge on any atom is -0.460 e. The highest BCUT2D eigenvalue weighted by molar-refractivity contribution is 7.89. The summed E-state index contributed by atoms with van der Waals surface area (Å²) in [6, 6.07) is 7.22. The van der Waals surface area contributed by atoms with E-state index in [4.69, 9.17) is 4.42 Å². The highest BCUT2D eigenvalue weighted by Gasteiger charge is 2.25. The van der Waals surface area contributed by atoms with Crippen LogP contribution in [0.5, 0.6) is 0 Å². The SMILES string of the molecule is CCN(CC)S(=O)(=O)c1ccc(N/N=C(\C)c2ccc(C)o2)c([N+](=O)[O-])c1. The van der Waals surface area contributed by atoms with E-state index in [0.717, 1.165) is 11.8 Å². The Hall–Kier alpha value is -2.72. The first-order chi connectivity index (χ1) is 12.7. The van der Waals surface area contributed by atoms with Gasteiger partial charge in [-0.3, -0.25) is 15.5 Å². The summed E-state index contributed by atoms with van der Waals surface area (Å²) < 4.78 is 31.8. The zero-order chi connectivity index (χ0) is 20.2. The Bertz CT molecular complexity index is 961. The molecule has 0 atom stereocenters. The summed E-state index contributed by atoms with van der Waals surface area (Å²) >= 11 is 0. The average molecular weight is 394 g/mol. The molecule has 27 heavy (non-hydrogen) atoms. The Morgan fingerprint density at radius 1 is 1.26 bits per heavy atom. The number of rotatable bonds is 8. The predicted octanol–water partition coefficient (Wildman–Crippen LogP) is 3.36. The van der Waals surface area contributed by atoms with Crippen molar-refractivity contribution in [3.05, 3.63) is 52.0 Å². The second kappa shape index (κ2) is 8.31. The van der Waals surface area contributed by atoms with Crippen molar-refractivity contribution in [2.45, 2.75) is 32.6 Å². The van der Waals surface area contributed by atoms with Gasteiger partial charge in [0, 0.05) is 19.2 Å². The lowest BCUT2D eigenvalue weighted by Crippen LogP contribution is -2.30. The fourth-order valence-electron chi connectivity index (χ4n) is 2.46. The molecule has 0 spiro atoms. The molecule has 0 bridgehead atoms. The number of hydrazone groups is 1. The zero-order valence-corrected chi connectivity index (χ0v) is 16.4. The molecule has 0 amide bonds. The number of nitro benzene ring substituents is 1. The van der Waals surface area contributed by atoms with Crippen LogP contribution < -0.4 is 5.43 Å². The van der Waals surface area contributed by atoms with E-state index in [1.54, 1.807) is 39.8 Å². The zero-order valence-electron chi connectivity index (χ0n) is 15.6. The van der Waals surface area contributed by atoms with Crippen LogP contribution in [0.15, 0.2) is 44.7 Å². The molecule has 0 unspecified atom stereocenters. The van der Waals surface area contributed by atoms with Crippen molar-refractivity contribution in [1.29, 1.82) is 0 Å². The maximum Gasteiger partial charge on any atom is 0.295 e. The number of benzene rings is 1. The Morgan fingerprint density at radius 3 is 2.44 bits per heavy atom. The van der Waals surface area contributed by atoms with Crippen LogP contribution in [0.4, 0.5) is 11.4 Å². The Balaban J connectivity index is 2.37. The number of aryl methyl sites for hydroxylation is 1. The van der Waals surface area contributed by atoms with Gasteiger partial charge in [0.25, 0.3) is 5.69 Å². The van der Waals surface area contributed by atoms with Crippen molar-refractivity contribution in [2.24, 2.45) is 5.10 Å². The van der Waals surface area contributed by atoms with Gasteiger partial charge >= 0.3 is 0 Å². The maximum atomic E-state index is 12.6. The van der Waals surface area contributed by atoms with Crippen molar-refractivity contribution in [3.8, 4) is 0 Å². The molecule has 0 aliphatic heterocycles. The molecule has 0 saturated carbocycles. The number of hydrogen-bond acceptors (Lipinski definition) is 7. The lowest BCUT2D eigenvalue weighted by atomic mass is 10.3. The largest absolute Gasteiger partial charge is 0.460 e. The fraction of sp³-hybridized carbons (Fsp3) is 0.353. The van der Waals surface area contributed by atoms with Crippen molar-refractivity contribution in [1.82, 2.24) is 4.31 Å². The van der Waals surface area contributed by atoms with Crippen LogP contribution >= 0.6 is 0 Å². The first-order valence-corrected chi connectivity index (χ1v) is 9.80. The number of hydrogen-bond donors (Lipinski definition) is 1. The van der Waals surface area contributed by atoms with Crippen LogP contribution in [0.25, 0.3) is 0 Å². The van der Waals surface area contributed by atoms with Crippen molar-refractivity contribution in [2.75, 3.05) is 18.5 Å². The van der Waals surface area contributed by atoms with Gasteiger partial charge in [0.2, 0.25) is 10.0 Å². The molecule has 2 rings (SSSR count). The van der Waals surface area contributed by atoms with Crippen LogP contribution in [0.2, 0.25) is 0 Å². The maximum absolute atomic E-state index is 12.6. The van der Waals surface area contributed by atoms with Gasteiger partial charge in [-0.05, 0) is 38.1 Å². The topological polar surface area (TPSA) is 118 Å². The van der Waals surface area contributed by atoms with Crippen molar-refractivity contribution >= 4 is 27.1 Å². The second-order valence-corrected chi connectivity index (χ2v) is 7.68. The highest BCUT2D eigenvalue weighted by Crippen LogP contribution is 2.29. The van der Waals surface area contributed by atoms with Crippen LogP contribution in [-0.4, -0.2) is 36.4 Å². The monoisotopic (exact) mass is 394 g/mol. The Labute approximate surface area is 157 Å². The van der Waals surface area contributed by atoms with Gasteiger partial charge in [-0.25, -0.2) is 8.42 Å². The van der Waals surface area contributed by atoms with E-state index >= 15 is 0 Å². The van der Waals surface area contributed by atoms with E-state index < -0.39 is 14.9 Å². The number of sulfonamides is 1. The van der Waals surface area contributed by atoms with Crippen LogP contribution in [-0.2, 0) is 10.0 Å². The molecule has 0 radical (unpaired) electrons. The van der Waals surface area contributed by atoms with E-state index in [1.165, 1.54) is 16.4 Å². The van der Waals surface area contributed by atoms with Gasteiger partial charge in [-0.1, -0.05) is 13.8 Å². The van der Waals surface area contributed by atoms with Crippen molar-refractivity contribution < 1.29 is 17.8 Å². The molecule has 0 aliphatic rings. The molecule has 1 heterocycles. The number of nitrogens with zero attached hydrogens (tertiary/aromatic N) is 3. The van der Waals surface area contributed by atoms with E-state index in [-0.39, 0.29) is 29.4 Å². The third-order valence-corrected chi connectivity index (χ3v) is 6.00.